The molecule has 1 amide bonds. The summed E-state index contributed by atoms with van der Waals surface area (Å²) >= 11 is 0. The number of rotatable bonds is 13. The average Bonchev–Trinajstić information content (AvgIpc) is 2.95. The zero-order valence-corrected chi connectivity index (χ0v) is 21.8. The van der Waals surface area contributed by atoms with Gasteiger partial charge in [-0.1, -0.05) is 0 Å². The van der Waals surface area contributed by atoms with Crippen LogP contribution in [0.2, 0.25) is 0 Å². The van der Waals surface area contributed by atoms with Gasteiger partial charge in [0, 0.05) is 60.8 Å². The van der Waals surface area contributed by atoms with E-state index >= 15 is 8.78 Å². The number of fused-ring (bicyclic) bond motifs is 1. The fourth-order valence-corrected chi connectivity index (χ4v) is 3.71. The van der Waals surface area contributed by atoms with Crippen LogP contribution in [0.1, 0.15) is 16.8 Å². The summed E-state index contributed by atoms with van der Waals surface area (Å²) in [5, 5.41) is 5.84. The molecule has 0 atom stereocenters. The Labute approximate surface area is 228 Å². The van der Waals surface area contributed by atoms with E-state index in [-0.39, 0.29) is 35.8 Å². The van der Waals surface area contributed by atoms with Crippen molar-refractivity contribution >= 4 is 22.5 Å². The third kappa shape index (κ3) is 6.70. The van der Waals surface area contributed by atoms with Crippen molar-refractivity contribution in [3.63, 3.8) is 0 Å². The smallest absolute Gasteiger partial charge is 0.261 e. The number of carbonyl (C=O) groups is 1. The van der Waals surface area contributed by atoms with Crippen molar-refractivity contribution in [2.45, 2.75) is 6.42 Å². The molecule has 0 fully saturated rings. The second kappa shape index (κ2) is 13.5. The van der Waals surface area contributed by atoms with Crippen molar-refractivity contribution in [2.24, 2.45) is 0 Å². The summed E-state index contributed by atoms with van der Waals surface area (Å²) in [5.74, 6) is -2.34. The van der Waals surface area contributed by atoms with E-state index in [9.17, 15) is 9.18 Å². The van der Waals surface area contributed by atoms with Crippen molar-refractivity contribution in [3.05, 3.63) is 72.2 Å². The normalized spacial score (nSPS) is 10.8. The summed E-state index contributed by atoms with van der Waals surface area (Å²) in [4.78, 5) is 21.0. The molecule has 2 N–H and O–H groups in total. The van der Waals surface area contributed by atoms with Gasteiger partial charge >= 0.3 is 0 Å². The van der Waals surface area contributed by atoms with Gasteiger partial charge in [-0.2, -0.15) is 0 Å². The standard InChI is InChI=1S/C28H27F3N4O5/c1-32-9-11-39-26-15-22-18(14-25(26)37-2)24(5-8-34-22)40-27-20(30)12-17(13-21(27)31)35-28(36)19-16-33-7-4-23(19)38-10-3-6-29/h4-5,7-8,12-16,32H,3,6,9-11H2,1-2H3,(H,35,36). The number of halogens is 3. The molecule has 2 heterocycles. The molecule has 2 aromatic heterocycles. The maximum absolute atomic E-state index is 15.1. The highest BCUT2D eigenvalue weighted by atomic mass is 19.1. The Morgan fingerprint density at radius 3 is 2.42 bits per heavy atom. The van der Waals surface area contributed by atoms with Gasteiger partial charge in [0.2, 0.25) is 0 Å². The van der Waals surface area contributed by atoms with E-state index in [1.54, 1.807) is 19.2 Å². The number of carbonyl (C=O) groups excluding carboxylic acids is 1. The van der Waals surface area contributed by atoms with Crippen LogP contribution in [0.5, 0.6) is 28.7 Å². The lowest BCUT2D eigenvalue weighted by Crippen LogP contribution is -2.16. The Hall–Kier alpha value is -4.58. The van der Waals surface area contributed by atoms with Crippen LogP contribution in [0.25, 0.3) is 10.9 Å². The topological polar surface area (TPSA) is 104 Å². The SMILES string of the molecule is CNCCOc1cc2nccc(Oc3c(F)cc(NC(=O)c4cnccc4OCCCF)cc3F)c2cc1OC. The number of ether oxygens (including phenoxy) is 4. The van der Waals surface area contributed by atoms with E-state index in [1.165, 1.54) is 37.8 Å². The minimum absolute atomic E-state index is 0.0222. The van der Waals surface area contributed by atoms with Crippen LogP contribution in [-0.4, -0.2) is 56.5 Å². The van der Waals surface area contributed by atoms with E-state index in [0.29, 0.717) is 35.6 Å². The largest absolute Gasteiger partial charge is 0.493 e. The fourth-order valence-electron chi connectivity index (χ4n) is 3.71. The summed E-state index contributed by atoms with van der Waals surface area (Å²) in [6.45, 7) is 0.484. The number of benzene rings is 2. The van der Waals surface area contributed by atoms with E-state index in [0.717, 1.165) is 12.1 Å². The molecule has 4 rings (SSSR count). The van der Waals surface area contributed by atoms with Gasteiger partial charge < -0.3 is 29.6 Å². The van der Waals surface area contributed by atoms with Crippen LogP contribution in [0.15, 0.2) is 55.0 Å². The molecule has 0 aliphatic rings. The lowest BCUT2D eigenvalue weighted by molar-refractivity contribution is 0.102. The Morgan fingerprint density at radius 1 is 0.950 bits per heavy atom. The van der Waals surface area contributed by atoms with Crippen LogP contribution < -0.4 is 29.6 Å². The second-order valence-electron chi connectivity index (χ2n) is 8.37. The average molecular weight is 557 g/mol. The number of amides is 1. The Morgan fingerprint density at radius 2 is 1.70 bits per heavy atom. The molecular weight excluding hydrogens is 529 g/mol. The van der Waals surface area contributed by atoms with Gasteiger partial charge in [-0.25, -0.2) is 8.78 Å². The monoisotopic (exact) mass is 556 g/mol. The highest BCUT2D eigenvalue weighted by Gasteiger charge is 2.19. The number of hydrogen-bond acceptors (Lipinski definition) is 8. The molecule has 0 radical (unpaired) electrons. The number of aromatic nitrogens is 2. The van der Waals surface area contributed by atoms with Crippen molar-refractivity contribution in [3.8, 4) is 28.7 Å². The van der Waals surface area contributed by atoms with Gasteiger partial charge in [-0.05, 0) is 25.2 Å². The van der Waals surface area contributed by atoms with Crippen LogP contribution in [0.3, 0.4) is 0 Å². The number of likely N-dealkylation sites (N-methyl/N-ethyl adjacent to an activating group) is 1. The molecule has 0 bridgehead atoms. The van der Waals surface area contributed by atoms with E-state index in [2.05, 4.69) is 20.6 Å². The summed E-state index contributed by atoms with van der Waals surface area (Å²) in [6.07, 6.45) is 4.23. The molecule has 0 saturated heterocycles. The summed E-state index contributed by atoms with van der Waals surface area (Å²) < 4.78 is 64.7. The van der Waals surface area contributed by atoms with Crippen LogP contribution in [0.4, 0.5) is 18.9 Å². The molecular formula is C28H27F3N4O5. The van der Waals surface area contributed by atoms with Crippen molar-refractivity contribution in [2.75, 3.05) is 45.9 Å². The third-order valence-corrected chi connectivity index (χ3v) is 5.63. The maximum atomic E-state index is 15.1. The van der Waals surface area contributed by atoms with Crippen LogP contribution in [-0.2, 0) is 0 Å². The molecule has 0 spiro atoms. The summed E-state index contributed by atoms with van der Waals surface area (Å²) in [6, 6.07) is 8.01. The zero-order chi connectivity index (χ0) is 28.5. The highest BCUT2D eigenvalue weighted by molar-refractivity contribution is 6.06. The first-order valence-corrected chi connectivity index (χ1v) is 12.3. The molecule has 210 valence electrons. The first-order chi connectivity index (χ1) is 19.4. The molecule has 0 aliphatic heterocycles. The third-order valence-electron chi connectivity index (χ3n) is 5.63. The Kier molecular flexibility index (Phi) is 9.57. The molecule has 2 aromatic carbocycles. The first-order valence-electron chi connectivity index (χ1n) is 12.3. The highest BCUT2D eigenvalue weighted by Crippen LogP contribution is 2.38. The summed E-state index contributed by atoms with van der Waals surface area (Å²) in [7, 11) is 3.27. The van der Waals surface area contributed by atoms with Gasteiger partial charge in [0.15, 0.2) is 28.9 Å². The first kappa shape index (κ1) is 28.4. The van der Waals surface area contributed by atoms with E-state index < -0.39 is 30.0 Å². The molecule has 0 aliphatic carbocycles. The van der Waals surface area contributed by atoms with Gasteiger partial charge in [0.25, 0.3) is 5.91 Å². The molecule has 0 saturated carbocycles. The predicted octanol–water partition coefficient (Wildman–Crippen LogP) is 5.30. The summed E-state index contributed by atoms with van der Waals surface area (Å²) in [5.41, 5.74) is 0.327. The van der Waals surface area contributed by atoms with Gasteiger partial charge in [-0.15, -0.1) is 0 Å². The number of anilines is 1. The quantitative estimate of drug-likeness (QED) is 0.214. The Bertz CT molecular complexity index is 1470. The minimum Gasteiger partial charge on any atom is -0.493 e. The van der Waals surface area contributed by atoms with Crippen LogP contribution in [0, 0.1) is 11.6 Å². The number of methoxy groups -OCH3 is 1. The Balaban J connectivity index is 1.56. The van der Waals surface area contributed by atoms with Gasteiger partial charge in [0.05, 0.1) is 31.5 Å². The molecule has 4 aromatic rings. The number of hydrogen-bond donors (Lipinski definition) is 2. The number of alkyl halides is 1. The number of pyridine rings is 2. The van der Waals surface area contributed by atoms with Gasteiger partial charge in [0.1, 0.15) is 18.1 Å². The maximum Gasteiger partial charge on any atom is 0.261 e. The predicted molar refractivity (Wildman–Crippen MR) is 142 cm³/mol. The lowest BCUT2D eigenvalue weighted by atomic mass is 10.1. The number of nitrogens with one attached hydrogen (secondary N) is 2. The second-order valence-corrected chi connectivity index (χ2v) is 8.37. The van der Waals surface area contributed by atoms with E-state index in [1.807, 2.05) is 0 Å². The fraction of sp³-hybridized carbons (Fsp3) is 0.250. The lowest BCUT2D eigenvalue weighted by Gasteiger charge is -2.15. The number of nitrogens with zero attached hydrogens (tertiary/aromatic N) is 2. The van der Waals surface area contributed by atoms with Crippen LogP contribution >= 0.6 is 0 Å². The molecule has 12 heteroatoms. The van der Waals surface area contributed by atoms with Crippen molar-refractivity contribution in [1.29, 1.82) is 0 Å². The van der Waals surface area contributed by atoms with Crippen molar-refractivity contribution in [1.82, 2.24) is 15.3 Å². The van der Waals surface area contributed by atoms with Gasteiger partial charge in [-0.3, -0.25) is 19.2 Å². The molecule has 40 heavy (non-hydrogen) atoms. The zero-order valence-electron chi connectivity index (χ0n) is 21.8. The molecule has 9 nitrogen and oxygen atoms in total. The minimum atomic E-state index is -1.05. The molecule has 0 unspecified atom stereocenters. The van der Waals surface area contributed by atoms with E-state index in [4.69, 9.17) is 18.9 Å². The van der Waals surface area contributed by atoms with Crippen molar-refractivity contribution < 1.29 is 36.9 Å².